The summed E-state index contributed by atoms with van der Waals surface area (Å²) in [6.07, 6.45) is 3.74. The molecule has 0 spiro atoms. The number of aliphatic imine (C=N–C) groups is 1. The molecule has 2 aliphatic heterocycles. The number of nitrogens with zero attached hydrogens (tertiary/aromatic N) is 2. The van der Waals surface area contributed by atoms with E-state index in [1.54, 1.807) is 0 Å². The molecule has 1 fully saturated rings. The number of amides is 1. The normalized spacial score (nSPS) is 22.1. The molecule has 19 heavy (non-hydrogen) atoms. The van der Waals surface area contributed by atoms with Crippen LogP contribution in [-0.4, -0.2) is 63.0 Å². The van der Waals surface area contributed by atoms with Gasteiger partial charge in [-0.2, -0.15) is 0 Å². The van der Waals surface area contributed by atoms with Gasteiger partial charge in [0.15, 0.2) is 0 Å². The summed E-state index contributed by atoms with van der Waals surface area (Å²) in [6.45, 7) is 1.77. The van der Waals surface area contributed by atoms with Gasteiger partial charge in [0.05, 0.1) is 0 Å². The summed E-state index contributed by atoms with van der Waals surface area (Å²) in [6, 6.07) is 0. The van der Waals surface area contributed by atoms with Crippen molar-refractivity contribution in [1.82, 2.24) is 4.90 Å². The molecular weight excluding hydrogens is 315 g/mol. The minimum atomic E-state index is -0.768. The third-order valence-electron chi connectivity index (χ3n) is 2.98. The number of piperidine rings is 1. The number of hydrogen-bond donors (Lipinski definition) is 0. The molecule has 0 aromatic rings. The fraction of sp³-hybridized carbons (Fsp3) is 0.500. The zero-order valence-corrected chi connectivity index (χ0v) is 12.3. The van der Waals surface area contributed by atoms with Gasteiger partial charge in [0.25, 0.3) is 0 Å². The van der Waals surface area contributed by atoms with E-state index in [-0.39, 0.29) is 10.0 Å². The maximum atomic E-state index is 11.8. The van der Waals surface area contributed by atoms with E-state index in [2.05, 4.69) is 14.6 Å². The van der Waals surface area contributed by atoms with Crippen LogP contribution < -0.4 is 0 Å². The second kappa shape index (κ2) is 6.12. The van der Waals surface area contributed by atoms with Crippen LogP contribution in [0.4, 0.5) is 0 Å². The first-order chi connectivity index (χ1) is 9.17. The molecule has 0 radical (unpaired) electrons. The van der Waals surface area contributed by atoms with E-state index in [0.29, 0.717) is 6.29 Å². The van der Waals surface area contributed by atoms with Gasteiger partial charge in [0.1, 0.15) is 0 Å². The third kappa shape index (κ3) is 2.93. The number of ether oxygens (including phenoxy) is 1. The van der Waals surface area contributed by atoms with Gasteiger partial charge in [-0.25, -0.2) is 0 Å². The average molecular weight is 329 g/mol. The summed E-state index contributed by atoms with van der Waals surface area (Å²) < 4.78 is 5.43. The number of rotatable bonds is 2. The molecule has 2 aliphatic rings. The summed E-state index contributed by atoms with van der Waals surface area (Å²) in [4.78, 5) is 40.3. The molecule has 7 heteroatoms. The van der Waals surface area contributed by atoms with Crippen LogP contribution in [0.2, 0.25) is 0 Å². The van der Waals surface area contributed by atoms with E-state index in [1.807, 2.05) is 0 Å². The zero-order chi connectivity index (χ0) is 13.8. The van der Waals surface area contributed by atoms with Crippen molar-refractivity contribution >= 4 is 37.9 Å². The van der Waals surface area contributed by atoms with Crippen molar-refractivity contribution in [3.63, 3.8) is 0 Å². The Hall–Kier alpha value is -1.46. The number of carbonyl (C=O) groups excluding carboxylic acids is 3. The van der Waals surface area contributed by atoms with Crippen LogP contribution in [-0.2, 0) is 19.1 Å². The van der Waals surface area contributed by atoms with Gasteiger partial charge in [-0.3, -0.25) is 0 Å². The topological polar surface area (TPSA) is 76.0 Å². The number of aldehydes is 1. The first kappa shape index (κ1) is 14.0. The summed E-state index contributed by atoms with van der Waals surface area (Å²) >= 11 is -0.390. The van der Waals surface area contributed by atoms with E-state index >= 15 is 0 Å². The van der Waals surface area contributed by atoms with Crippen LogP contribution in [0.3, 0.4) is 0 Å². The number of hydrogen-bond acceptors (Lipinski definition) is 5. The summed E-state index contributed by atoms with van der Waals surface area (Å²) in [5, 5.41) is 0. The van der Waals surface area contributed by atoms with Gasteiger partial charge in [0, 0.05) is 0 Å². The van der Waals surface area contributed by atoms with Crippen molar-refractivity contribution in [1.29, 1.82) is 0 Å². The Labute approximate surface area is 117 Å². The molecule has 1 amide bonds. The molecule has 0 aromatic heterocycles. The Balaban J connectivity index is 2.20. The molecule has 0 unspecified atom stereocenters. The molecule has 6 nitrogen and oxygen atoms in total. The van der Waals surface area contributed by atoms with Gasteiger partial charge < -0.3 is 0 Å². The van der Waals surface area contributed by atoms with Crippen molar-refractivity contribution in [3.05, 3.63) is 10.0 Å². The summed E-state index contributed by atoms with van der Waals surface area (Å²) in [5.74, 6) is -1.25. The Morgan fingerprint density at radius 1 is 1.37 bits per heavy atom. The summed E-state index contributed by atoms with van der Waals surface area (Å²) in [5.41, 5.74) is -0.191. The Bertz CT molecular complexity index is 478. The molecule has 0 aliphatic carbocycles. The fourth-order valence-corrected chi connectivity index (χ4v) is 4.08. The first-order valence-electron chi connectivity index (χ1n) is 6.01. The van der Waals surface area contributed by atoms with Crippen LogP contribution in [0.25, 0.3) is 0 Å². The Morgan fingerprint density at radius 2 is 2.05 bits per heavy atom. The van der Waals surface area contributed by atoms with E-state index in [4.69, 9.17) is 0 Å². The predicted molar refractivity (Wildman–Crippen MR) is 68.7 cm³/mol. The predicted octanol–water partition coefficient (Wildman–Crippen LogP) is -0.301. The number of likely N-dealkylation sites (tertiary alicyclic amines) is 1. The van der Waals surface area contributed by atoms with Crippen molar-refractivity contribution in [2.75, 3.05) is 20.2 Å². The molecular formula is C12H14N2O4Se. The number of methoxy groups -OCH3 is 1. The molecule has 2 heterocycles. The molecule has 0 atom stereocenters. The third-order valence-corrected chi connectivity index (χ3v) is 5.35. The SMILES string of the molecule is COC(=O)/C(C=O)=C1/[Se]C(N2CCCCC2)=NC1=O. The van der Waals surface area contributed by atoms with E-state index in [1.165, 1.54) is 13.5 Å². The molecule has 0 bridgehead atoms. The van der Waals surface area contributed by atoms with Gasteiger partial charge in [0.2, 0.25) is 0 Å². The molecule has 102 valence electrons. The van der Waals surface area contributed by atoms with Crippen LogP contribution in [0.1, 0.15) is 19.3 Å². The zero-order valence-electron chi connectivity index (χ0n) is 10.5. The quantitative estimate of drug-likeness (QED) is 0.174. The molecule has 0 aromatic carbocycles. The molecule has 0 N–H and O–H groups in total. The second-order valence-electron chi connectivity index (χ2n) is 4.20. The van der Waals surface area contributed by atoms with E-state index in [9.17, 15) is 14.4 Å². The molecule has 1 saturated heterocycles. The van der Waals surface area contributed by atoms with Crippen molar-refractivity contribution in [3.8, 4) is 0 Å². The molecule has 2 rings (SSSR count). The van der Waals surface area contributed by atoms with E-state index in [0.717, 1.165) is 30.7 Å². The van der Waals surface area contributed by atoms with Crippen molar-refractivity contribution in [2.24, 2.45) is 4.99 Å². The molecule has 0 saturated carbocycles. The Morgan fingerprint density at radius 3 is 2.63 bits per heavy atom. The number of esters is 1. The van der Waals surface area contributed by atoms with Gasteiger partial charge in [-0.15, -0.1) is 0 Å². The van der Waals surface area contributed by atoms with Crippen LogP contribution in [0.5, 0.6) is 0 Å². The van der Waals surface area contributed by atoms with Crippen molar-refractivity contribution < 1.29 is 19.1 Å². The van der Waals surface area contributed by atoms with E-state index < -0.39 is 26.8 Å². The minimum absolute atomic E-state index is 0.191. The van der Waals surface area contributed by atoms with Gasteiger partial charge >= 0.3 is 116 Å². The standard InChI is InChI=1S/C12H14N2O4Se/c1-18-11(17)8(7-15)9-10(16)13-12(19-9)14-5-3-2-4-6-14/h7H,2-6H2,1H3/b9-8+. The average Bonchev–Trinajstić information content (AvgIpc) is 2.82. The number of carbonyl (C=O) groups is 3. The summed E-state index contributed by atoms with van der Waals surface area (Å²) in [7, 11) is 1.19. The maximum absolute atomic E-state index is 11.8. The first-order valence-corrected chi connectivity index (χ1v) is 7.72. The number of amidine groups is 1. The fourth-order valence-electron chi connectivity index (χ4n) is 1.99. The van der Waals surface area contributed by atoms with Gasteiger partial charge in [-0.05, 0) is 0 Å². The van der Waals surface area contributed by atoms with Gasteiger partial charge in [-0.1, -0.05) is 0 Å². The van der Waals surface area contributed by atoms with Crippen molar-refractivity contribution in [2.45, 2.75) is 19.3 Å². The monoisotopic (exact) mass is 330 g/mol. The Kier molecular flexibility index (Phi) is 4.50. The van der Waals surface area contributed by atoms with Crippen LogP contribution in [0, 0.1) is 0 Å². The second-order valence-corrected chi connectivity index (χ2v) is 6.25. The van der Waals surface area contributed by atoms with Crippen LogP contribution >= 0.6 is 0 Å². The van der Waals surface area contributed by atoms with Crippen LogP contribution in [0.15, 0.2) is 15.0 Å².